The van der Waals surface area contributed by atoms with Crippen molar-refractivity contribution in [2.75, 3.05) is 83.5 Å². The molecule has 3 N–H and O–H groups in total. The molecule has 0 aromatic heterocycles. The van der Waals surface area contributed by atoms with E-state index in [1.807, 2.05) is 0 Å². The van der Waals surface area contributed by atoms with Gasteiger partial charge in [-0.2, -0.15) is 0 Å². The molecule has 1 aromatic carbocycles. The summed E-state index contributed by atoms with van der Waals surface area (Å²) in [4.78, 5) is 64.6. The van der Waals surface area contributed by atoms with E-state index in [2.05, 4.69) is 0 Å². The Balaban J connectivity index is 2.29. The predicted octanol–water partition coefficient (Wildman–Crippen LogP) is -2.34. The van der Waals surface area contributed by atoms with E-state index in [1.54, 1.807) is 26.5 Å². The molecular weight excluding hydrogens is 440 g/mol. The molecule has 0 radical (unpaired) electrons. The SMILES string of the molecule is CCOc1c(N2CCN(CC(=O)O)CCN(CC(=O)O)CCN(CC(=O)O)CC2)c(=O)c1=O. The van der Waals surface area contributed by atoms with Gasteiger partial charge >= 0.3 is 17.9 Å². The average molecular weight is 470 g/mol. The van der Waals surface area contributed by atoms with Gasteiger partial charge in [0.1, 0.15) is 5.69 Å². The molecule has 2 rings (SSSR count). The van der Waals surface area contributed by atoms with Crippen LogP contribution in [0.1, 0.15) is 6.92 Å². The summed E-state index contributed by atoms with van der Waals surface area (Å²) >= 11 is 0. The lowest BCUT2D eigenvalue weighted by molar-refractivity contribution is -0.140. The highest BCUT2D eigenvalue weighted by atomic mass is 16.5. The molecule has 0 unspecified atom stereocenters. The number of carboxylic acids is 3. The van der Waals surface area contributed by atoms with Crippen LogP contribution in [0.5, 0.6) is 5.75 Å². The lowest BCUT2D eigenvalue weighted by Crippen LogP contribution is -2.50. The van der Waals surface area contributed by atoms with Crippen molar-refractivity contribution in [2.24, 2.45) is 0 Å². The number of carbonyl (C=O) groups is 3. The first-order valence-electron chi connectivity index (χ1n) is 10.7. The Morgan fingerprint density at radius 3 is 1.39 bits per heavy atom. The Morgan fingerprint density at radius 2 is 1.06 bits per heavy atom. The van der Waals surface area contributed by atoms with Crippen molar-refractivity contribution in [1.82, 2.24) is 14.7 Å². The lowest BCUT2D eigenvalue weighted by Gasteiger charge is -2.34. The van der Waals surface area contributed by atoms with Gasteiger partial charge in [-0.25, -0.2) is 0 Å². The number of rotatable bonds is 9. The minimum Gasteiger partial charge on any atom is -0.488 e. The van der Waals surface area contributed by atoms with E-state index in [0.717, 1.165) is 0 Å². The Labute approximate surface area is 190 Å². The first kappa shape index (κ1) is 26.2. The number of carboxylic acid groups (broad SMARTS) is 3. The number of nitrogens with zero attached hydrogens (tertiary/aromatic N) is 4. The summed E-state index contributed by atoms with van der Waals surface area (Å²) in [6.45, 7) is 3.01. The summed E-state index contributed by atoms with van der Waals surface area (Å²) in [5.74, 6) is -3.16. The third-order valence-corrected chi connectivity index (χ3v) is 5.36. The Kier molecular flexibility index (Phi) is 9.75. The minimum absolute atomic E-state index is 0.0307. The number of anilines is 1. The van der Waals surface area contributed by atoms with Crippen molar-refractivity contribution in [3.8, 4) is 5.75 Å². The zero-order valence-electron chi connectivity index (χ0n) is 18.6. The smallest absolute Gasteiger partial charge is 0.317 e. The monoisotopic (exact) mass is 470 g/mol. The number of hydrogen-bond donors (Lipinski definition) is 3. The third kappa shape index (κ3) is 7.80. The Morgan fingerprint density at radius 1 is 0.697 bits per heavy atom. The van der Waals surface area contributed by atoms with Crippen LogP contribution in [-0.2, 0) is 14.4 Å². The van der Waals surface area contributed by atoms with Gasteiger partial charge in [0, 0.05) is 52.4 Å². The summed E-state index contributed by atoms with van der Waals surface area (Å²) in [6, 6.07) is 0. The summed E-state index contributed by atoms with van der Waals surface area (Å²) in [7, 11) is 0. The molecule has 0 bridgehead atoms. The highest BCUT2D eigenvalue weighted by Crippen LogP contribution is 2.22. The zero-order valence-corrected chi connectivity index (χ0v) is 18.6. The zero-order chi connectivity index (χ0) is 24.5. The second kappa shape index (κ2) is 12.3. The van der Waals surface area contributed by atoms with Gasteiger partial charge in [0.05, 0.1) is 26.2 Å². The molecule has 1 fully saturated rings. The molecule has 0 spiro atoms. The molecule has 1 aromatic rings. The van der Waals surface area contributed by atoms with Crippen LogP contribution in [0.2, 0.25) is 0 Å². The standard InChI is InChI=1S/C20H30N4O9/c1-2-33-20-17(18(31)19(20)32)24-9-7-22(12-15(27)28)5-3-21(11-14(25)26)4-6-23(8-10-24)13-16(29)30/h2-13H2,1H3,(H,25,26)(H,27,28)(H,29,30). The van der Waals surface area contributed by atoms with E-state index in [9.17, 15) is 39.3 Å². The molecule has 0 atom stereocenters. The molecular formula is C20H30N4O9. The molecule has 0 saturated carbocycles. The third-order valence-electron chi connectivity index (χ3n) is 5.36. The van der Waals surface area contributed by atoms with Crippen LogP contribution in [-0.4, -0.2) is 127 Å². The van der Waals surface area contributed by atoms with Crippen molar-refractivity contribution >= 4 is 23.6 Å². The second-order valence-corrected chi connectivity index (χ2v) is 7.77. The van der Waals surface area contributed by atoms with Crippen LogP contribution in [0.3, 0.4) is 0 Å². The molecule has 1 aliphatic heterocycles. The summed E-state index contributed by atoms with van der Waals surface area (Å²) < 4.78 is 5.32. The quantitative estimate of drug-likeness (QED) is 0.329. The van der Waals surface area contributed by atoms with Gasteiger partial charge in [0.15, 0.2) is 5.75 Å². The molecule has 1 heterocycles. The Hall–Kier alpha value is -3.03. The van der Waals surface area contributed by atoms with Crippen molar-refractivity contribution in [3.63, 3.8) is 0 Å². The average Bonchev–Trinajstić information content (AvgIpc) is 2.73. The molecule has 184 valence electrons. The van der Waals surface area contributed by atoms with Crippen molar-refractivity contribution in [2.45, 2.75) is 6.92 Å². The molecule has 0 aliphatic carbocycles. The molecule has 33 heavy (non-hydrogen) atoms. The largest absolute Gasteiger partial charge is 0.488 e. The van der Waals surface area contributed by atoms with E-state index >= 15 is 0 Å². The van der Waals surface area contributed by atoms with Gasteiger partial charge in [-0.1, -0.05) is 0 Å². The molecule has 13 nitrogen and oxygen atoms in total. The highest BCUT2D eigenvalue weighted by molar-refractivity contribution is 5.70. The van der Waals surface area contributed by atoms with Gasteiger partial charge in [0.2, 0.25) is 0 Å². The molecule has 1 saturated heterocycles. The maximum atomic E-state index is 12.3. The maximum Gasteiger partial charge on any atom is 0.317 e. The second-order valence-electron chi connectivity index (χ2n) is 7.77. The molecule has 13 heteroatoms. The molecule has 1 aliphatic rings. The van der Waals surface area contributed by atoms with Gasteiger partial charge in [-0.3, -0.25) is 38.7 Å². The van der Waals surface area contributed by atoms with Crippen molar-refractivity contribution in [1.29, 1.82) is 0 Å². The topological polar surface area (TPSA) is 168 Å². The van der Waals surface area contributed by atoms with Crippen LogP contribution in [0.4, 0.5) is 5.69 Å². The number of aliphatic carboxylic acids is 3. The van der Waals surface area contributed by atoms with E-state index in [1.165, 1.54) is 0 Å². The lowest BCUT2D eigenvalue weighted by atomic mass is 10.2. The van der Waals surface area contributed by atoms with E-state index in [0.29, 0.717) is 0 Å². The normalized spacial score (nSPS) is 17.9. The van der Waals surface area contributed by atoms with Crippen LogP contribution in [0.25, 0.3) is 0 Å². The van der Waals surface area contributed by atoms with Crippen LogP contribution < -0.4 is 20.5 Å². The molecule has 0 amide bonds. The van der Waals surface area contributed by atoms with E-state index in [4.69, 9.17) is 4.74 Å². The number of ether oxygens (including phenoxy) is 1. The summed E-state index contributed by atoms with van der Waals surface area (Å²) in [5.41, 5.74) is -1.28. The minimum atomic E-state index is -1.05. The van der Waals surface area contributed by atoms with E-state index in [-0.39, 0.29) is 90.0 Å². The first-order valence-corrected chi connectivity index (χ1v) is 10.7. The highest BCUT2D eigenvalue weighted by Gasteiger charge is 2.29. The van der Waals surface area contributed by atoms with E-state index < -0.39 is 28.8 Å². The van der Waals surface area contributed by atoms with Crippen LogP contribution in [0.15, 0.2) is 9.59 Å². The maximum absolute atomic E-state index is 12.3. The summed E-state index contributed by atoms with van der Waals surface area (Å²) in [6.07, 6.45) is 0. The summed E-state index contributed by atoms with van der Waals surface area (Å²) in [5, 5.41) is 27.7. The van der Waals surface area contributed by atoms with Crippen LogP contribution >= 0.6 is 0 Å². The fourth-order valence-electron chi connectivity index (χ4n) is 3.73. The fraction of sp³-hybridized carbons (Fsp3) is 0.650. The first-order chi connectivity index (χ1) is 15.6. The number of hydrogen-bond acceptors (Lipinski definition) is 10. The van der Waals surface area contributed by atoms with Gasteiger partial charge in [0.25, 0.3) is 10.9 Å². The van der Waals surface area contributed by atoms with Crippen LogP contribution in [0, 0.1) is 0 Å². The van der Waals surface area contributed by atoms with Crippen molar-refractivity contribution < 1.29 is 34.4 Å². The van der Waals surface area contributed by atoms with Gasteiger partial charge < -0.3 is 25.0 Å². The Bertz CT molecular complexity index is 880. The van der Waals surface area contributed by atoms with Gasteiger partial charge in [-0.15, -0.1) is 0 Å². The fourth-order valence-corrected chi connectivity index (χ4v) is 3.73. The van der Waals surface area contributed by atoms with Crippen molar-refractivity contribution in [3.05, 3.63) is 20.4 Å². The predicted molar refractivity (Wildman–Crippen MR) is 117 cm³/mol. The van der Waals surface area contributed by atoms with Gasteiger partial charge in [-0.05, 0) is 6.92 Å².